The molecule has 0 spiro atoms. The fraction of sp³-hybridized carbons (Fsp3) is 0.303. The Balaban J connectivity index is 0.000000170. The van der Waals surface area contributed by atoms with Crippen molar-refractivity contribution in [3.63, 3.8) is 0 Å². The SMILES string of the molecule is CC1(C)C2CCC1(CS(=O)(=O)ON1C(=O)c3ccccc3C1=O)C(=O)C2.Cc1ccc(S(=O)(=O)ON2C(=O)c3ccccc3C2=O)cc1. The van der Waals surface area contributed by atoms with Crippen LogP contribution in [0.3, 0.4) is 0 Å². The van der Waals surface area contributed by atoms with Gasteiger partial charge >= 0.3 is 10.1 Å². The molecule has 2 bridgehead atoms. The van der Waals surface area contributed by atoms with Crippen molar-refractivity contribution in [1.82, 2.24) is 10.1 Å². The standard InChI is InChI=1S/C18H19NO6S.C15H11NO5S/c1-17(2)11-7-8-18(17,14(20)9-11)10-26(23,24)25-19-15(21)12-5-3-4-6-13(12)16(19)22;1-10-6-8-11(9-7-10)22(19,20)21-16-14(17)12-4-2-3-5-13(12)15(16)18/h3-6,11H,7-10H2,1-2H3;2-9H,1H3. The molecule has 0 aromatic heterocycles. The van der Waals surface area contributed by atoms with E-state index in [-0.39, 0.29) is 49.0 Å². The van der Waals surface area contributed by atoms with Crippen LogP contribution in [0.25, 0.3) is 0 Å². The van der Waals surface area contributed by atoms with Gasteiger partial charge in [0.25, 0.3) is 33.7 Å². The lowest BCUT2D eigenvalue weighted by Gasteiger charge is -2.35. The van der Waals surface area contributed by atoms with Gasteiger partial charge in [-0.05, 0) is 67.5 Å². The van der Waals surface area contributed by atoms with Gasteiger partial charge in [0.15, 0.2) is 0 Å². The average molecular weight is 695 g/mol. The highest BCUT2D eigenvalue weighted by Gasteiger charge is 2.65. The molecule has 3 aromatic carbocycles. The molecule has 2 fully saturated rings. The topological polar surface area (TPSA) is 179 Å². The summed E-state index contributed by atoms with van der Waals surface area (Å²) in [4.78, 5) is 61.2. The Labute approximate surface area is 276 Å². The molecule has 4 aliphatic rings. The van der Waals surface area contributed by atoms with Crippen molar-refractivity contribution in [2.45, 2.75) is 44.9 Å². The highest BCUT2D eigenvalue weighted by molar-refractivity contribution is 7.87. The first-order valence-electron chi connectivity index (χ1n) is 14.9. The number of fused-ring (bicyclic) bond motifs is 4. The highest BCUT2D eigenvalue weighted by Crippen LogP contribution is 2.64. The van der Waals surface area contributed by atoms with E-state index in [4.69, 9.17) is 8.57 Å². The van der Waals surface area contributed by atoms with Crippen LogP contribution in [-0.2, 0) is 33.6 Å². The van der Waals surface area contributed by atoms with E-state index in [1.165, 1.54) is 36.4 Å². The Kier molecular flexibility index (Phi) is 8.02. The van der Waals surface area contributed by atoms with E-state index >= 15 is 0 Å². The molecule has 0 N–H and O–H groups in total. The summed E-state index contributed by atoms with van der Waals surface area (Å²) < 4.78 is 59.4. The van der Waals surface area contributed by atoms with Crippen LogP contribution in [0.15, 0.2) is 77.7 Å². The molecule has 2 aliphatic carbocycles. The quantitative estimate of drug-likeness (QED) is 0.328. The lowest BCUT2D eigenvalue weighted by Crippen LogP contribution is -2.44. The summed E-state index contributed by atoms with van der Waals surface area (Å²) in [6.45, 7) is 5.63. The molecule has 2 heterocycles. The molecular weight excluding hydrogens is 664 g/mol. The number of ketones is 1. The third-order valence-corrected chi connectivity index (χ3v) is 12.2. The molecule has 13 nitrogen and oxygen atoms in total. The molecule has 7 rings (SSSR count). The Morgan fingerprint density at radius 3 is 1.52 bits per heavy atom. The molecule has 250 valence electrons. The Morgan fingerprint density at radius 1 is 0.688 bits per heavy atom. The van der Waals surface area contributed by atoms with Gasteiger partial charge in [0.2, 0.25) is 0 Å². The average Bonchev–Trinajstić information content (AvgIpc) is 3.59. The van der Waals surface area contributed by atoms with Gasteiger partial charge in [-0.1, -0.05) is 55.8 Å². The first-order valence-corrected chi connectivity index (χ1v) is 17.9. The summed E-state index contributed by atoms with van der Waals surface area (Å²) in [5, 5.41) is 0.565. The number of imide groups is 2. The number of benzene rings is 3. The zero-order chi connectivity index (χ0) is 34.8. The number of Topliss-reactive ketones (excluding diaryl/α,β-unsaturated/α-hetero) is 1. The summed E-state index contributed by atoms with van der Waals surface area (Å²) >= 11 is 0. The molecule has 0 radical (unpaired) electrons. The predicted molar refractivity (Wildman–Crippen MR) is 167 cm³/mol. The molecule has 3 aromatic rings. The molecule has 2 atom stereocenters. The molecule has 0 saturated heterocycles. The van der Waals surface area contributed by atoms with E-state index in [0.717, 1.165) is 12.0 Å². The number of carbonyl (C=O) groups is 5. The zero-order valence-corrected chi connectivity index (χ0v) is 27.7. The molecule has 4 amide bonds. The van der Waals surface area contributed by atoms with E-state index in [9.17, 15) is 40.8 Å². The Bertz CT molecular complexity index is 2060. The molecule has 48 heavy (non-hydrogen) atoms. The first kappa shape index (κ1) is 33.3. The summed E-state index contributed by atoms with van der Waals surface area (Å²) in [5.41, 5.74) is -0.163. The van der Waals surface area contributed by atoms with Crippen LogP contribution in [0.2, 0.25) is 0 Å². The van der Waals surface area contributed by atoms with Gasteiger partial charge < -0.3 is 0 Å². The van der Waals surface area contributed by atoms with Gasteiger partial charge in [0.05, 0.1) is 38.3 Å². The smallest absolute Gasteiger partial charge is 0.299 e. The Morgan fingerprint density at radius 2 is 1.12 bits per heavy atom. The summed E-state index contributed by atoms with van der Waals surface area (Å²) in [6.07, 6.45) is 1.64. The second-order valence-electron chi connectivity index (χ2n) is 12.7. The predicted octanol–water partition coefficient (Wildman–Crippen LogP) is 3.85. The van der Waals surface area contributed by atoms with Crippen LogP contribution in [0.5, 0.6) is 0 Å². The number of nitrogens with zero attached hydrogens (tertiary/aromatic N) is 2. The molecule has 2 aliphatic heterocycles. The highest BCUT2D eigenvalue weighted by atomic mass is 32.2. The van der Waals surface area contributed by atoms with E-state index in [2.05, 4.69) is 0 Å². The van der Waals surface area contributed by atoms with Gasteiger partial charge in [-0.25, -0.2) is 0 Å². The lowest BCUT2D eigenvalue weighted by atomic mass is 9.70. The van der Waals surface area contributed by atoms with Crippen LogP contribution < -0.4 is 0 Å². The maximum Gasteiger partial charge on any atom is 0.318 e. The number of aryl methyl sites for hydroxylation is 1. The van der Waals surface area contributed by atoms with E-state index < -0.39 is 60.4 Å². The van der Waals surface area contributed by atoms with Crippen molar-refractivity contribution in [1.29, 1.82) is 0 Å². The molecule has 2 saturated carbocycles. The maximum absolute atomic E-state index is 12.7. The van der Waals surface area contributed by atoms with Gasteiger partial charge in [0.1, 0.15) is 5.78 Å². The molecule has 15 heteroatoms. The lowest BCUT2D eigenvalue weighted by molar-refractivity contribution is -0.128. The second-order valence-corrected chi connectivity index (χ2v) is 15.8. The minimum Gasteiger partial charge on any atom is -0.299 e. The van der Waals surface area contributed by atoms with E-state index in [1.807, 2.05) is 13.8 Å². The van der Waals surface area contributed by atoms with Crippen LogP contribution in [-0.4, -0.2) is 62.1 Å². The number of carbonyl (C=O) groups excluding carboxylic acids is 5. The largest absolute Gasteiger partial charge is 0.318 e. The van der Waals surface area contributed by atoms with Gasteiger partial charge in [-0.15, -0.1) is 18.7 Å². The normalized spacial score (nSPS) is 22.6. The van der Waals surface area contributed by atoms with E-state index in [1.54, 1.807) is 43.3 Å². The van der Waals surface area contributed by atoms with E-state index in [0.29, 0.717) is 12.8 Å². The summed E-state index contributed by atoms with van der Waals surface area (Å²) in [7, 11) is -8.58. The summed E-state index contributed by atoms with van der Waals surface area (Å²) in [6, 6.07) is 18.0. The summed E-state index contributed by atoms with van der Waals surface area (Å²) in [5.74, 6) is -3.65. The van der Waals surface area contributed by atoms with Crippen molar-refractivity contribution in [2.75, 3.05) is 5.75 Å². The number of rotatable bonds is 7. The maximum atomic E-state index is 12.7. The Hall–Kier alpha value is -4.57. The minimum absolute atomic E-state index is 0.0757. The van der Waals surface area contributed by atoms with Crippen molar-refractivity contribution >= 4 is 49.6 Å². The van der Waals surface area contributed by atoms with Gasteiger partial charge in [-0.2, -0.15) is 16.8 Å². The first-order chi connectivity index (χ1) is 22.5. The third kappa shape index (κ3) is 5.36. The number of amides is 4. The number of hydrogen-bond acceptors (Lipinski definition) is 11. The van der Waals surface area contributed by atoms with Crippen molar-refractivity contribution in [3.05, 3.63) is 101 Å². The third-order valence-electron chi connectivity index (χ3n) is 9.75. The monoisotopic (exact) mass is 694 g/mol. The zero-order valence-electron chi connectivity index (χ0n) is 26.0. The number of hydroxylamine groups is 4. The van der Waals surface area contributed by atoms with Crippen molar-refractivity contribution in [3.8, 4) is 0 Å². The van der Waals surface area contributed by atoms with Crippen molar-refractivity contribution < 1.29 is 49.4 Å². The van der Waals surface area contributed by atoms with Crippen LogP contribution >= 0.6 is 0 Å². The fourth-order valence-corrected chi connectivity index (χ4v) is 9.45. The second kappa shape index (κ2) is 11.5. The minimum atomic E-state index is -4.32. The number of hydrogen-bond donors (Lipinski definition) is 0. The van der Waals surface area contributed by atoms with Crippen molar-refractivity contribution in [2.24, 2.45) is 16.7 Å². The van der Waals surface area contributed by atoms with Gasteiger partial charge in [0, 0.05) is 6.42 Å². The van der Waals surface area contributed by atoms with Crippen LogP contribution in [0, 0.1) is 23.7 Å². The fourth-order valence-electron chi connectivity index (χ4n) is 6.87. The molecular formula is C33H30N2O11S2. The van der Waals surface area contributed by atoms with Crippen LogP contribution in [0.1, 0.15) is 80.1 Å². The molecule has 2 unspecified atom stereocenters. The van der Waals surface area contributed by atoms with Crippen LogP contribution in [0.4, 0.5) is 0 Å². The van der Waals surface area contributed by atoms with Gasteiger partial charge in [-0.3, -0.25) is 24.0 Å².